The fourth-order valence-corrected chi connectivity index (χ4v) is 2.39. The number of alkyl halides is 2. The first-order valence-electron chi connectivity index (χ1n) is 6.13. The summed E-state index contributed by atoms with van der Waals surface area (Å²) in [6.45, 7) is 3.14. The number of ether oxygens (including phenoxy) is 4. The van der Waals surface area contributed by atoms with Crippen molar-refractivity contribution in [2.75, 3.05) is 6.61 Å². The molecule has 0 radical (unpaired) electrons. The van der Waals surface area contributed by atoms with Crippen LogP contribution < -0.4 is 0 Å². The molecule has 0 aromatic heterocycles. The summed E-state index contributed by atoms with van der Waals surface area (Å²) >= 11 is 3.01. The lowest BCUT2D eigenvalue weighted by Gasteiger charge is -2.40. The van der Waals surface area contributed by atoms with Crippen LogP contribution in [0.4, 0.5) is 4.39 Å². The summed E-state index contributed by atoms with van der Waals surface area (Å²) in [4.78, 5) is 32.1. The van der Waals surface area contributed by atoms with Crippen LogP contribution in [0.25, 0.3) is 0 Å². The molecule has 0 N–H and O–H groups in total. The zero-order valence-electron chi connectivity index (χ0n) is 11.7. The van der Waals surface area contributed by atoms with Crippen LogP contribution in [-0.4, -0.2) is 54.0 Å². The molecule has 1 aliphatic rings. The van der Waals surface area contributed by atoms with E-state index >= 15 is 0 Å². The first-order chi connectivity index (χ1) is 9.72. The largest absolute Gasteiger partial charge is 0.463 e. The first kappa shape index (κ1) is 17.8. The van der Waals surface area contributed by atoms with Gasteiger partial charge in [-0.15, -0.1) is 0 Å². The third-order valence-electron chi connectivity index (χ3n) is 2.61. The highest BCUT2D eigenvalue weighted by atomic mass is 79.9. The van der Waals surface area contributed by atoms with E-state index < -0.39 is 47.4 Å². The van der Waals surface area contributed by atoms with Gasteiger partial charge < -0.3 is 18.9 Å². The molecule has 9 heteroatoms. The van der Waals surface area contributed by atoms with E-state index in [1.54, 1.807) is 0 Å². The maximum Gasteiger partial charge on any atom is 0.303 e. The predicted octanol–water partition coefficient (Wildman–Crippen LogP) is 0.871. The minimum Gasteiger partial charge on any atom is -0.463 e. The Kier molecular flexibility index (Phi) is 6.53. The summed E-state index contributed by atoms with van der Waals surface area (Å²) in [5.41, 5.74) is 0. The van der Waals surface area contributed by atoms with Gasteiger partial charge in [0.1, 0.15) is 17.5 Å². The quantitative estimate of drug-likeness (QED) is 0.412. The number of esters is 3. The average molecular weight is 371 g/mol. The first-order valence-corrected chi connectivity index (χ1v) is 7.05. The summed E-state index contributed by atoms with van der Waals surface area (Å²) < 4.78 is 33.6. The number of rotatable bonds is 4. The van der Waals surface area contributed by atoms with E-state index in [9.17, 15) is 18.8 Å². The molecule has 0 aromatic carbocycles. The number of carbonyl (C=O) groups is 3. The second-order valence-corrected chi connectivity index (χ2v) is 5.48. The van der Waals surface area contributed by atoms with E-state index in [1.165, 1.54) is 6.92 Å². The van der Waals surface area contributed by atoms with Crippen molar-refractivity contribution in [2.24, 2.45) is 0 Å². The van der Waals surface area contributed by atoms with Crippen molar-refractivity contribution in [2.45, 2.75) is 50.3 Å². The summed E-state index contributed by atoms with van der Waals surface area (Å²) in [5, 5.41) is 0. The van der Waals surface area contributed by atoms with Gasteiger partial charge in [0.2, 0.25) is 6.36 Å². The van der Waals surface area contributed by atoms with Crippen molar-refractivity contribution in [1.29, 1.82) is 0 Å². The lowest BCUT2D eigenvalue weighted by atomic mass is 10.0. The van der Waals surface area contributed by atoms with Gasteiger partial charge in [-0.05, 0) is 0 Å². The topological polar surface area (TPSA) is 88.1 Å². The predicted molar refractivity (Wildman–Crippen MR) is 70.2 cm³/mol. The van der Waals surface area contributed by atoms with Crippen molar-refractivity contribution in [1.82, 2.24) is 0 Å². The van der Waals surface area contributed by atoms with E-state index in [-0.39, 0.29) is 6.61 Å². The van der Waals surface area contributed by atoms with Gasteiger partial charge in [-0.25, -0.2) is 4.39 Å². The SMILES string of the molecule is CC(=O)OC[C@H]1O[C@@H](F)[C@H](Br)[C@@H](OC(C)=O)[C@H]1OC(C)=O. The van der Waals surface area contributed by atoms with Gasteiger partial charge in [0.25, 0.3) is 0 Å². The average Bonchev–Trinajstić information content (AvgIpc) is 2.35. The molecular weight excluding hydrogens is 355 g/mol. The molecule has 1 heterocycles. The van der Waals surface area contributed by atoms with Gasteiger partial charge in [-0.3, -0.25) is 14.4 Å². The molecule has 1 saturated heterocycles. The third-order valence-corrected chi connectivity index (χ3v) is 3.55. The Morgan fingerprint density at radius 3 is 2.05 bits per heavy atom. The molecule has 0 aliphatic carbocycles. The highest BCUT2D eigenvalue weighted by molar-refractivity contribution is 9.09. The molecule has 0 spiro atoms. The molecule has 1 rings (SSSR count). The Hall–Kier alpha value is -1.22. The van der Waals surface area contributed by atoms with Crippen molar-refractivity contribution in [3.63, 3.8) is 0 Å². The molecular formula is C12H16BrFO7. The molecule has 0 saturated carbocycles. The molecule has 7 nitrogen and oxygen atoms in total. The van der Waals surface area contributed by atoms with Crippen LogP contribution in [-0.2, 0) is 33.3 Å². The molecule has 0 unspecified atom stereocenters. The van der Waals surface area contributed by atoms with Gasteiger partial charge >= 0.3 is 17.9 Å². The Morgan fingerprint density at radius 1 is 1.05 bits per heavy atom. The highest BCUT2D eigenvalue weighted by Crippen LogP contribution is 2.31. The Labute approximate surface area is 129 Å². The minimum atomic E-state index is -1.82. The summed E-state index contributed by atoms with van der Waals surface area (Å²) in [6.07, 6.45) is -5.09. The lowest BCUT2D eigenvalue weighted by molar-refractivity contribution is -0.230. The Bertz CT molecular complexity index is 416. The number of hydrogen-bond acceptors (Lipinski definition) is 7. The molecule has 21 heavy (non-hydrogen) atoms. The summed E-state index contributed by atoms with van der Waals surface area (Å²) in [6, 6.07) is 0. The highest BCUT2D eigenvalue weighted by Gasteiger charge is 2.49. The van der Waals surface area contributed by atoms with Gasteiger partial charge in [0.15, 0.2) is 12.2 Å². The van der Waals surface area contributed by atoms with E-state index in [2.05, 4.69) is 15.9 Å². The van der Waals surface area contributed by atoms with Crippen LogP contribution >= 0.6 is 15.9 Å². The molecule has 120 valence electrons. The van der Waals surface area contributed by atoms with Gasteiger partial charge in [0.05, 0.1) is 0 Å². The monoisotopic (exact) mass is 370 g/mol. The fraction of sp³-hybridized carbons (Fsp3) is 0.750. The van der Waals surface area contributed by atoms with Gasteiger partial charge in [-0.2, -0.15) is 0 Å². The van der Waals surface area contributed by atoms with Crippen molar-refractivity contribution in [3.05, 3.63) is 0 Å². The molecule has 1 fully saturated rings. The van der Waals surface area contributed by atoms with E-state index in [0.29, 0.717) is 0 Å². The van der Waals surface area contributed by atoms with Crippen LogP contribution in [0.3, 0.4) is 0 Å². The van der Waals surface area contributed by atoms with Crippen molar-refractivity contribution < 1.29 is 37.7 Å². The van der Waals surface area contributed by atoms with Crippen LogP contribution in [0.2, 0.25) is 0 Å². The van der Waals surface area contributed by atoms with Crippen molar-refractivity contribution in [3.8, 4) is 0 Å². The van der Waals surface area contributed by atoms with Crippen LogP contribution in [0.15, 0.2) is 0 Å². The Balaban J connectivity index is 2.94. The maximum atomic E-state index is 13.8. The third kappa shape index (κ3) is 5.24. The fourth-order valence-electron chi connectivity index (χ4n) is 1.85. The number of halogens is 2. The lowest BCUT2D eigenvalue weighted by Crippen LogP contribution is -2.58. The standard InChI is InChI=1S/C12H16BrFO7/c1-5(15)18-4-8-10(19-6(2)16)11(20-7(3)17)9(13)12(14)21-8/h8-12H,4H2,1-3H3/t8-,9-,10+,11-,12-/m1/s1. The molecule has 5 atom stereocenters. The zero-order chi connectivity index (χ0) is 16.2. The molecule has 1 aliphatic heterocycles. The second-order valence-electron chi connectivity index (χ2n) is 4.42. The van der Waals surface area contributed by atoms with Crippen LogP contribution in [0, 0.1) is 0 Å². The van der Waals surface area contributed by atoms with Gasteiger partial charge in [-0.1, -0.05) is 15.9 Å². The number of hydrogen-bond donors (Lipinski definition) is 0. The molecule has 0 aromatic rings. The zero-order valence-corrected chi connectivity index (χ0v) is 13.3. The van der Waals surface area contributed by atoms with E-state index in [1.807, 2.05) is 0 Å². The van der Waals surface area contributed by atoms with Crippen molar-refractivity contribution >= 4 is 33.8 Å². The normalized spacial score (nSPS) is 32.1. The van der Waals surface area contributed by atoms with E-state index in [4.69, 9.17) is 18.9 Å². The van der Waals surface area contributed by atoms with Gasteiger partial charge in [0, 0.05) is 20.8 Å². The minimum absolute atomic E-state index is 0.328. The summed E-state index contributed by atoms with van der Waals surface area (Å²) in [7, 11) is 0. The maximum absolute atomic E-state index is 13.8. The summed E-state index contributed by atoms with van der Waals surface area (Å²) in [5.74, 6) is -1.92. The van der Waals surface area contributed by atoms with E-state index in [0.717, 1.165) is 13.8 Å². The van der Waals surface area contributed by atoms with Crippen LogP contribution in [0.1, 0.15) is 20.8 Å². The molecule has 0 bridgehead atoms. The smallest absolute Gasteiger partial charge is 0.303 e. The second kappa shape index (κ2) is 7.69. The molecule has 0 amide bonds. The van der Waals surface area contributed by atoms with Crippen LogP contribution in [0.5, 0.6) is 0 Å². The number of carbonyl (C=O) groups excluding carboxylic acids is 3. The Morgan fingerprint density at radius 2 is 1.57 bits per heavy atom.